The van der Waals surface area contributed by atoms with Gasteiger partial charge in [-0.25, -0.2) is 4.98 Å². The molecule has 0 bridgehead atoms. The molecule has 1 atom stereocenters. The van der Waals surface area contributed by atoms with Gasteiger partial charge in [0.25, 0.3) is 0 Å². The summed E-state index contributed by atoms with van der Waals surface area (Å²) in [4.78, 5) is 14.7. The van der Waals surface area contributed by atoms with Crippen molar-refractivity contribution in [3.05, 3.63) is 37.8 Å². The second-order valence-corrected chi connectivity index (χ2v) is 5.96. The van der Waals surface area contributed by atoms with E-state index in [-0.39, 0.29) is 6.04 Å². The van der Waals surface area contributed by atoms with Gasteiger partial charge in [-0.2, -0.15) is 11.8 Å². The van der Waals surface area contributed by atoms with Crippen LogP contribution in [0.25, 0.3) is 0 Å². The zero-order chi connectivity index (χ0) is 12.7. The summed E-state index contributed by atoms with van der Waals surface area (Å²) >= 11 is 4.56. The zero-order valence-corrected chi connectivity index (χ0v) is 11.7. The number of thioether (sulfide) groups is 2. The summed E-state index contributed by atoms with van der Waals surface area (Å²) in [6.45, 7) is 0. The molecule has 0 saturated carbocycles. The van der Waals surface area contributed by atoms with Crippen LogP contribution in [0.15, 0.2) is 22.7 Å². The Morgan fingerprint density at radius 3 is 3.12 bits per heavy atom. The lowest BCUT2D eigenvalue weighted by atomic mass is 10.3. The van der Waals surface area contributed by atoms with Crippen LogP contribution in [0.3, 0.4) is 0 Å². The normalized spacial score (nSPS) is 13.6. The summed E-state index contributed by atoms with van der Waals surface area (Å²) in [5, 5.41) is 13.4. The van der Waals surface area contributed by atoms with Crippen LogP contribution in [0.2, 0.25) is 0 Å². The third-order valence-electron chi connectivity index (χ3n) is 1.84. The van der Waals surface area contributed by atoms with Crippen LogP contribution in [-0.4, -0.2) is 28.0 Å². The Kier molecular flexibility index (Phi) is 6.56. The van der Waals surface area contributed by atoms with Crippen molar-refractivity contribution in [2.45, 2.75) is 11.8 Å². The Morgan fingerprint density at radius 2 is 2.59 bits per heavy atom. The van der Waals surface area contributed by atoms with Crippen LogP contribution in [0.1, 0.15) is 5.01 Å². The van der Waals surface area contributed by atoms with E-state index < -0.39 is 4.92 Å². The third-order valence-corrected chi connectivity index (χ3v) is 4.75. The number of nitrogens with two attached hydrogens (primary N) is 1. The molecule has 0 aromatic carbocycles. The van der Waals surface area contributed by atoms with Crippen LogP contribution in [0.5, 0.6) is 0 Å². The highest BCUT2D eigenvalue weighted by molar-refractivity contribution is 8.02. The molecule has 0 radical (unpaired) electrons. The molecule has 1 rings (SSSR count). The maximum atomic E-state index is 10.4. The molecule has 0 aliphatic carbocycles. The topological polar surface area (TPSA) is 82.0 Å². The molecule has 5 nitrogen and oxygen atoms in total. The lowest BCUT2D eigenvalue weighted by Gasteiger charge is -2.10. The molecule has 2 N–H and O–H groups in total. The Hall–Kier alpha value is -0.570. The number of nitro groups is 1. The third kappa shape index (κ3) is 5.53. The Bertz CT molecular complexity index is 381. The number of rotatable bonds is 7. The van der Waals surface area contributed by atoms with E-state index in [0.717, 1.165) is 17.0 Å². The first-order chi connectivity index (χ1) is 8.13. The summed E-state index contributed by atoms with van der Waals surface area (Å²) in [7, 11) is 0. The number of nitrogens with zero attached hydrogens (tertiary/aromatic N) is 2. The minimum Gasteiger partial charge on any atom is -0.323 e. The number of aromatic nitrogens is 1. The highest BCUT2D eigenvalue weighted by Gasteiger charge is 2.12. The second-order valence-electron chi connectivity index (χ2n) is 3.07. The fourth-order valence-corrected chi connectivity index (χ4v) is 3.49. The van der Waals surface area contributed by atoms with Gasteiger partial charge in [-0.15, -0.1) is 23.1 Å². The largest absolute Gasteiger partial charge is 0.323 e. The number of hydrogen-bond donors (Lipinski definition) is 1. The fourth-order valence-electron chi connectivity index (χ4n) is 1.08. The molecular formula is C9H13N3O2S3. The van der Waals surface area contributed by atoms with Crippen molar-refractivity contribution in [1.29, 1.82) is 0 Å². The molecule has 0 amide bonds. The predicted molar refractivity (Wildman–Crippen MR) is 74.8 cm³/mol. The second kappa shape index (κ2) is 7.70. The van der Waals surface area contributed by atoms with Gasteiger partial charge in [-0.05, 0) is 6.26 Å². The summed E-state index contributed by atoms with van der Waals surface area (Å²) in [6, 6.07) is -0.291. The minimum atomic E-state index is -0.461. The highest BCUT2D eigenvalue weighted by Crippen LogP contribution is 2.21. The first kappa shape index (κ1) is 14.5. The standard InChI is InChI=1S/C9H13N3O2S3/c1-15-8(4-12(13)14)7(10)5-16-6-9-11-2-3-17-9/h2-4,7H,5-6,10H2,1H3. The van der Waals surface area contributed by atoms with E-state index in [1.54, 1.807) is 35.6 Å². The van der Waals surface area contributed by atoms with Gasteiger partial charge in [0.05, 0.1) is 15.9 Å². The van der Waals surface area contributed by atoms with Crippen molar-refractivity contribution >= 4 is 34.9 Å². The van der Waals surface area contributed by atoms with E-state index in [0.29, 0.717) is 10.7 Å². The average molecular weight is 291 g/mol. The lowest BCUT2D eigenvalue weighted by Crippen LogP contribution is -2.24. The number of thiazole rings is 1. The quantitative estimate of drug-likeness (QED) is 0.612. The highest BCUT2D eigenvalue weighted by atomic mass is 32.2. The van der Waals surface area contributed by atoms with Gasteiger partial charge in [0.2, 0.25) is 6.20 Å². The van der Waals surface area contributed by atoms with Crippen molar-refractivity contribution in [2.24, 2.45) is 5.73 Å². The van der Waals surface area contributed by atoms with E-state index in [4.69, 9.17) is 5.73 Å². The molecule has 0 saturated heterocycles. The first-order valence-electron chi connectivity index (χ1n) is 4.74. The van der Waals surface area contributed by atoms with Gasteiger partial charge in [0.15, 0.2) is 0 Å². The van der Waals surface area contributed by atoms with E-state index in [9.17, 15) is 10.1 Å². The lowest BCUT2D eigenvalue weighted by molar-refractivity contribution is -0.403. The van der Waals surface area contributed by atoms with Crippen molar-refractivity contribution in [2.75, 3.05) is 12.0 Å². The molecule has 1 aromatic heterocycles. The van der Waals surface area contributed by atoms with E-state index in [2.05, 4.69) is 4.98 Å². The van der Waals surface area contributed by atoms with Gasteiger partial charge in [-0.1, -0.05) is 0 Å². The molecule has 0 fully saturated rings. The number of hydrogen-bond acceptors (Lipinski definition) is 7. The van der Waals surface area contributed by atoms with Gasteiger partial charge in [-0.3, -0.25) is 10.1 Å². The Balaban J connectivity index is 2.37. The fraction of sp³-hybridized carbons (Fsp3) is 0.444. The van der Waals surface area contributed by atoms with E-state index in [1.807, 2.05) is 5.38 Å². The van der Waals surface area contributed by atoms with Crippen LogP contribution >= 0.6 is 34.9 Å². The molecule has 0 spiro atoms. The van der Waals surface area contributed by atoms with Crippen molar-refractivity contribution < 1.29 is 4.92 Å². The molecule has 0 aliphatic rings. The van der Waals surface area contributed by atoms with E-state index in [1.165, 1.54) is 11.8 Å². The van der Waals surface area contributed by atoms with Crippen LogP contribution in [0.4, 0.5) is 0 Å². The maximum Gasteiger partial charge on any atom is 0.245 e. The minimum absolute atomic E-state index is 0.291. The van der Waals surface area contributed by atoms with Crippen molar-refractivity contribution in [3.8, 4) is 0 Å². The maximum absolute atomic E-state index is 10.4. The Labute approximate surface area is 112 Å². The molecule has 1 aromatic rings. The first-order valence-corrected chi connectivity index (χ1v) is 8.00. The van der Waals surface area contributed by atoms with E-state index >= 15 is 0 Å². The van der Waals surface area contributed by atoms with Gasteiger partial charge in [0.1, 0.15) is 5.01 Å². The van der Waals surface area contributed by atoms with Crippen molar-refractivity contribution in [3.63, 3.8) is 0 Å². The monoisotopic (exact) mass is 291 g/mol. The smallest absolute Gasteiger partial charge is 0.245 e. The summed E-state index contributed by atoms with van der Waals surface area (Å²) in [5.74, 6) is 1.45. The SMILES string of the molecule is CSC(=C[N+](=O)[O-])C(N)CSCc1nccs1. The van der Waals surface area contributed by atoms with Gasteiger partial charge >= 0.3 is 0 Å². The molecule has 1 heterocycles. The average Bonchev–Trinajstić information content (AvgIpc) is 2.78. The van der Waals surface area contributed by atoms with Crippen LogP contribution in [-0.2, 0) is 5.75 Å². The van der Waals surface area contributed by atoms with Crippen molar-refractivity contribution in [1.82, 2.24) is 4.98 Å². The molecule has 8 heteroatoms. The molecule has 1 unspecified atom stereocenters. The Morgan fingerprint density at radius 1 is 1.82 bits per heavy atom. The summed E-state index contributed by atoms with van der Waals surface area (Å²) in [6.07, 6.45) is 4.54. The zero-order valence-electron chi connectivity index (χ0n) is 9.24. The molecule has 94 valence electrons. The van der Waals surface area contributed by atoms with Gasteiger partial charge < -0.3 is 5.73 Å². The molecular weight excluding hydrogens is 278 g/mol. The van der Waals surface area contributed by atoms with Crippen LogP contribution < -0.4 is 5.73 Å². The van der Waals surface area contributed by atoms with Gasteiger partial charge in [0, 0.05) is 23.1 Å². The summed E-state index contributed by atoms with van der Waals surface area (Å²) in [5.41, 5.74) is 5.88. The summed E-state index contributed by atoms with van der Waals surface area (Å²) < 4.78 is 0. The molecule has 17 heavy (non-hydrogen) atoms. The molecule has 0 aliphatic heterocycles. The predicted octanol–water partition coefficient (Wildman–Crippen LogP) is 2.18. The van der Waals surface area contributed by atoms with Crippen LogP contribution in [0, 0.1) is 10.1 Å².